The van der Waals surface area contributed by atoms with E-state index < -0.39 is 22.4 Å². The number of nitrogens with two attached hydrogens (primary N) is 1. The number of rotatable bonds is 3. The number of carboxylic acid groups (broad SMARTS) is 1. The number of nitro benzene ring substituents is 1. The molecule has 0 saturated carbocycles. The van der Waals surface area contributed by atoms with E-state index >= 15 is 0 Å². The summed E-state index contributed by atoms with van der Waals surface area (Å²) < 4.78 is 0. The summed E-state index contributed by atoms with van der Waals surface area (Å²) in [5, 5.41) is 19.7. The maximum absolute atomic E-state index is 11.4. The average Bonchev–Trinajstić information content (AvgIpc) is 2.30. The molecule has 0 unspecified atom stereocenters. The highest BCUT2D eigenvalue weighted by atomic mass is 16.7. The molecule has 0 radical (unpaired) electrons. The first kappa shape index (κ1) is 13.6. The molecule has 3 N–H and O–H groups in total. The third-order valence-electron chi connectivity index (χ3n) is 2.61. The fraction of sp³-hybridized carbons (Fsp3) is 0.200. The lowest BCUT2D eigenvalue weighted by Crippen LogP contribution is -2.18. The highest BCUT2D eigenvalue weighted by molar-refractivity contribution is 6.04. The third kappa shape index (κ3) is 2.13. The molecule has 0 atom stereocenters. The van der Waals surface area contributed by atoms with E-state index in [1.54, 1.807) is 0 Å². The van der Waals surface area contributed by atoms with Gasteiger partial charge < -0.3 is 9.94 Å². The number of benzene rings is 1. The number of hydrogen-bond acceptors (Lipinski definition) is 6. The van der Waals surface area contributed by atoms with Crippen molar-refractivity contribution in [3.8, 4) is 0 Å². The second-order valence-corrected chi connectivity index (χ2v) is 3.54. The average molecular weight is 254 g/mol. The molecule has 0 aliphatic rings. The molecule has 0 fully saturated rings. The summed E-state index contributed by atoms with van der Waals surface area (Å²) in [6.07, 6.45) is 0. The second kappa shape index (κ2) is 4.80. The molecule has 96 valence electrons. The van der Waals surface area contributed by atoms with E-state index in [-0.39, 0.29) is 22.4 Å². The fourth-order valence-corrected chi connectivity index (χ4v) is 1.58. The minimum absolute atomic E-state index is 0.150. The summed E-state index contributed by atoms with van der Waals surface area (Å²) in [4.78, 5) is 36.5. The van der Waals surface area contributed by atoms with Gasteiger partial charge >= 0.3 is 11.9 Å². The summed E-state index contributed by atoms with van der Waals surface area (Å²) in [6, 6.07) is 0.816. The van der Waals surface area contributed by atoms with E-state index in [1.807, 2.05) is 0 Å². The van der Waals surface area contributed by atoms with Gasteiger partial charge in [0.2, 0.25) is 0 Å². The molecular weight excluding hydrogens is 244 g/mol. The summed E-state index contributed by atoms with van der Waals surface area (Å²) in [7, 11) is 0. The molecule has 0 spiro atoms. The van der Waals surface area contributed by atoms with Gasteiger partial charge in [-0.3, -0.25) is 10.1 Å². The molecule has 18 heavy (non-hydrogen) atoms. The van der Waals surface area contributed by atoms with Crippen molar-refractivity contribution in [1.29, 1.82) is 0 Å². The zero-order valence-corrected chi connectivity index (χ0v) is 9.59. The third-order valence-corrected chi connectivity index (χ3v) is 2.61. The van der Waals surface area contributed by atoms with Gasteiger partial charge in [-0.15, -0.1) is 0 Å². The highest BCUT2D eigenvalue weighted by Gasteiger charge is 2.27. The van der Waals surface area contributed by atoms with Gasteiger partial charge in [0, 0.05) is 11.6 Å². The smallest absolute Gasteiger partial charge is 0.357 e. The number of aromatic carboxylic acids is 1. The number of hydrogen-bond donors (Lipinski definition) is 2. The molecule has 1 aromatic rings. The molecule has 0 aliphatic carbocycles. The molecule has 0 amide bonds. The van der Waals surface area contributed by atoms with Gasteiger partial charge in [-0.1, -0.05) is 0 Å². The Hall–Kier alpha value is -2.48. The van der Waals surface area contributed by atoms with Crippen molar-refractivity contribution >= 4 is 17.6 Å². The van der Waals surface area contributed by atoms with Gasteiger partial charge in [0.05, 0.1) is 16.1 Å². The van der Waals surface area contributed by atoms with E-state index in [0.717, 1.165) is 6.07 Å². The number of nitro groups is 1. The first-order valence-electron chi connectivity index (χ1n) is 4.74. The Morgan fingerprint density at radius 3 is 2.33 bits per heavy atom. The van der Waals surface area contributed by atoms with Crippen LogP contribution in [0.25, 0.3) is 0 Å². The Morgan fingerprint density at radius 1 is 1.39 bits per heavy atom. The van der Waals surface area contributed by atoms with Crippen LogP contribution in [0.3, 0.4) is 0 Å². The Labute approximate surface area is 101 Å². The van der Waals surface area contributed by atoms with E-state index in [2.05, 4.69) is 4.84 Å². The summed E-state index contributed by atoms with van der Waals surface area (Å²) in [6.45, 7) is 2.80. The lowest BCUT2D eigenvalue weighted by Gasteiger charge is -2.10. The van der Waals surface area contributed by atoms with Crippen molar-refractivity contribution in [3.63, 3.8) is 0 Å². The molecule has 1 aromatic carbocycles. The normalized spacial score (nSPS) is 9.94. The summed E-state index contributed by atoms with van der Waals surface area (Å²) >= 11 is 0. The van der Waals surface area contributed by atoms with Gasteiger partial charge in [-0.05, 0) is 19.4 Å². The highest BCUT2D eigenvalue weighted by Crippen LogP contribution is 2.28. The number of carboxylic acids is 1. The molecule has 0 saturated heterocycles. The molecule has 0 bridgehead atoms. The quantitative estimate of drug-likeness (QED) is 0.605. The monoisotopic (exact) mass is 254 g/mol. The van der Waals surface area contributed by atoms with Crippen molar-refractivity contribution in [2.45, 2.75) is 13.8 Å². The molecule has 8 nitrogen and oxygen atoms in total. The van der Waals surface area contributed by atoms with Crippen LogP contribution in [0.15, 0.2) is 6.07 Å². The van der Waals surface area contributed by atoms with Crippen LogP contribution in [-0.2, 0) is 4.84 Å². The van der Waals surface area contributed by atoms with Crippen LogP contribution >= 0.6 is 0 Å². The molecule has 0 aliphatic heterocycles. The van der Waals surface area contributed by atoms with E-state index in [0.29, 0.717) is 0 Å². The van der Waals surface area contributed by atoms with E-state index in [1.165, 1.54) is 13.8 Å². The lowest BCUT2D eigenvalue weighted by molar-refractivity contribution is -0.385. The van der Waals surface area contributed by atoms with Crippen molar-refractivity contribution in [3.05, 3.63) is 38.4 Å². The van der Waals surface area contributed by atoms with E-state index in [4.69, 9.17) is 11.0 Å². The SMILES string of the molecule is Cc1c([N+](=O)[O-])cc(C(=O)O)c(C(=O)ON)c1C. The number of nitrogens with zero attached hydrogens (tertiary/aromatic N) is 1. The molecule has 0 aromatic heterocycles. The van der Waals surface area contributed by atoms with Gasteiger partial charge in [0.25, 0.3) is 5.69 Å². The number of carbonyl (C=O) groups is 2. The van der Waals surface area contributed by atoms with Crippen molar-refractivity contribution < 1.29 is 24.5 Å². The van der Waals surface area contributed by atoms with E-state index in [9.17, 15) is 19.7 Å². The van der Waals surface area contributed by atoms with Crippen LogP contribution in [0.1, 0.15) is 31.8 Å². The Morgan fingerprint density at radius 2 is 1.94 bits per heavy atom. The molecule has 1 rings (SSSR count). The van der Waals surface area contributed by atoms with Crippen LogP contribution in [-0.4, -0.2) is 22.0 Å². The van der Waals surface area contributed by atoms with Crippen molar-refractivity contribution in [2.24, 2.45) is 5.90 Å². The summed E-state index contributed by atoms with van der Waals surface area (Å²) in [5.41, 5.74) is -0.839. The first-order valence-corrected chi connectivity index (χ1v) is 4.74. The Balaban J connectivity index is 3.71. The minimum Gasteiger partial charge on any atom is -0.478 e. The van der Waals surface area contributed by atoms with Crippen LogP contribution in [0.2, 0.25) is 0 Å². The van der Waals surface area contributed by atoms with Crippen LogP contribution in [0, 0.1) is 24.0 Å². The van der Waals surface area contributed by atoms with Crippen LogP contribution in [0.4, 0.5) is 5.69 Å². The Bertz CT molecular complexity index is 552. The maximum Gasteiger partial charge on any atom is 0.357 e. The zero-order valence-electron chi connectivity index (χ0n) is 9.59. The molecule has 0 heterocycles. The fourth-order valence-electron chi connectivity index (χ4n) is 1.58. The summed E-state index contributed by atoms with van der Waals surface area (Å²) in [5.74, 6) is 2.19. The van der Waals surface area contributed by atoms with Crippen LogP contribution < -0.4 is 5.90 Å². The van der Waals surface area contributed by atoms with Crippen LogP contribution in [0.5, 0.6) is 0 Å². The van der Waals surface area contributed by atoms with Crippen molar-refractivity contribution in [1.82, 2.24) is 0 Å². The zero-order chi connectivity index (χ0) is 14.0. The largest absolute Gasteiger partial charge is 0.478 e. The molecular formula is C10H10N2O6. The predicted octanol–water partition coefficient (Wildman–Crippen LogP) is 0.940. The van der Waals surface area contributed by atoms with Crippen molar-refractivity contribution in [2.75, 3.05) is 0 Å². The molecule has 8 heteroatoms. The van der Waals surface area contributed by atoms with Gasteiger partial charge in [0.15, 0.2) is 0 Å². The topological polar surface area (TPSA) is 133 Å². The maximum atomic E-state index is 11.4. The van der Waals surface area contributed by atoms with Gasteiger partial charge in [-0.2, -0.15) is 5.90 Å². The van der Waals surface area contributed by atoms with Gasteiger partial charge in [0.1, 0.15) is 0 Å². The number of carbonyl (C=O) groups excluding carboxylic acids is 1. The first-order chi connectivity index (χ1) is 8.31. The minimum atomic E-state index is -1.47. The Kier molecular flexibility index (Phi) is 3.62. The van der Waals surface area contributed by atoms with Gasteiger partial charge in [-0.25, -0.2) is 9.59 Å². The predicted molar refractivity (Wildman–Crippen MR) is 59.1 cm³/mol. The standard InChI is InChI=1S/C10H10N2O6/c1-4-5(2)8(10(15)18-11)6(9(13)14)3-7(4)12(16)17/h3H,11H2,1-2H3,(H,13,14). The lowest BCUT2D eigenvalue weighted by atomic mass is 9.96. The second-order valence-electron chi connectivity index (χ2n) is 3.54.